The highest BCUT2D eigenvalue weighted by molar-refractivity contribution is 5.84. The van der Waals surface area contributed by atoms with Crippen LogP contribution >= 0.6 is 0 Å². The number of fused-ring (bicyclic) bond motifs is 1. The van der Waals surface area contributed by atoms with Crippen molar-refractivity contribution in [2.75, 3.05) is 19.0 Å². The normalized spacial score (nSPS) is 10.8. The molecule has 0 spiro atoms. The van der Waals surface area contributed by atoms with Crippen LogP contribution in [-0.2, 0) is 0 Å². The van der Waals surface area contributed by atoms with Gasteiger partial charge in [0, 0.05) is 12.1 Å². The topological polar surface area (TPSA) is 75.7 Å². The van der Waals surface area contributed by atoms with Crippen molar-refractivity contribution >= 4 is 17.0 Å². The maximum Gasteiger partial charge on any atom is 0.183 e. The quantitative estimate of drug-likeness (QED) is 0.753. The van der Waals surface area contributed by atoms with Crippen LogP contribution in [0, 0.1) is 0 Å². The average Bonchev–Trinajstić information content (AvgIpc) is 3.01. The highest BCUT2D eigenvalue weighted by Crippen LogP contribution is 2.24. The van der Waals surface area contributed by atoms with Gasteiger partial charge in [-0.2, -0.15) is 0 Å². The Bertz CT molecular complexity index is 735. The number of benzene rings is 1. The Kier molecular flexibility index (Phi) is 3.68. The molecule has 0 atom stereocenters. The van der Waals surface area contributed by atoms with Crippen molar-refractivity contribution in [1.29, 1.82) is 0 Å². The number of anilines is 1. The lowest BCUT2D eigenvalue weighted by Crippen LogP contribution is -2.04. The summed E-state index contributed by atoms with van der Waals surface area (Å²) in [6, 6.07) is 7.67. The summed E-state index contributed by atoms with van der Waals surface area (Å²) in [6.45, 7) is 2.97. The van der Waals surface area contributed by atoms with Crippen molar-refractivity contribution in [3.05, 3.63) is 30.6 Å². The third kappa shape index (κ3) is 2.65. The van der Waals surface area contributed by atoms with Crippen molar-refractivity contribution < 1.29 is 4.74 Å². The van der Waals surface area contributed by atoms with E-state index in [1.54, 1.807) is 13.4 Å². The molecule has 3 aromatic rings. The van der Waals surface area contributed by atoms with E-state index in [0.717, 1.165) is 35.6 Å². The van der Waals surface area contributed by atoms with E-state index in [0.29, 0.717) is 11.5 Å². The molecule has 6 nitrogen and oxygen atoms in total. The van der Waals surface area contributed by atoms with Gasteiger partial charge < -0.3 is 15.0 Å². The molecule has 2 N–H and O–H groups in total. The zero-order chi connectivity index (χ0) is 14.7. The molecule has 2 aromatic heterocycles. The number of nitrogens with one attached hydrogen (secondary N) is 2. The fraction of sp³-hybridized carbons (Fsp3) is 0.267. The maximum absolute atomic E-state index is 5.17. The number of nitrogens with zero attached hydrogens (tertiary/aromatic N) is 3. The molecule has 1 aromatic carbocycles. The predicted molar refractivity (Wildman–Crippen MR) is 82.5 cm³/mol. The molecule has 0 radical (unpaired) electrons. The summed E-state index contributed by atoms with van der Waals surface area (Å²) < 4.78 is 5.17. The van der Waals surface area contributed by atoms with Gasteiger partial charge in [-0.25, -0.2) is 15.0 Å². The summed E-state index contributed by atoms with van der Waals surface area (Å²) in [6.07, 6.45) is 2.66. The Morgan fingerprint density at radius 2 is 2.00 bits per heavy atom. The van der Waals surface area contributed by atoms with Gasteiger partial charge in [-0.05, 0) is 30.7 Å². The standard InChI is InChI=1S/C15H17N5O/c1-3-8-16-14-12-15(18-9-17-12)20-13(19-14)10-4-6-11(21-2)7-5-10/h4-7,9H,3,8H2,1-2H3,(H2,16,17,18,19,20). The van der Waals surface area contributed by atoms with Crippen LogP contribution in [0.4, 0.5) is 5.82 Å². The summed E-state index contributed by atoms with van der Waals surface area (Å²) in [5.74, 6) is 2.24. The second-order valence-corrected chi connectivity index (χ2v) is 4.65. The molecular formula is C15H17N5O. The number of hydrogen-bond acceptors (Lipinski definition) is 5. The van der Waals surface area contributed by atoms with Crippen LogP contribution in [0.15, 0.2) is 30.6 Å². The van der Waals surface area contributed by atoms with E-state index < -0.39 is 0 Å². The summed E-state index contributed by atoms with van der Waals surface area (Å²) in [5.41, 5.74) is 2.43. The molecule has 108 valence electrons. The first-order valence-corrected chi connectivity index (χ1v) is 6.91. The van der Waals surface area contributed by atoms with E-state index in [1.807, 2.05) is 24.3 Å². The second-order valence-electron chi connectivity index (χ2n) is 4.65. The minimum absolute atomic E-state index is 0.649. The van der Waals surface area contributed by atoms with Gasteiger partial charge in [0.15, 0.2) is 17.3 Å². The number of methoxy groups -OCH3 is 1. The van der Waals surface area contributed by atoms with Gasteiger partial charge in [-0.1, -0.05) is 6.92 Å². The maximum atomic E-state index is 5.17. The van der Waals surface area contributed by atoms with Gasteiger partial charge in [0.2, 0.25) is 0 Å². The Morgan fingerprint density at radius 1 is 1.19 bits per heavy atom. The number of aromatic amines is 1. The smallest absolute Gasteiger partial charge is 0.183 e. The summed E-state index contributed by atoms with van der Waals surface area (Å²) in [7, 11) is 1.65. The van der Waals surface area contributed by atoms with Gasteiger partial charge in [0.05, 0.1) is 13.4 Å². The summed E-state index contributed by atoms with van der Waals surface area (Å²) in [5, 5.41) is 3.31. The molecule has 2 heterocycles. The monoisotopic (exact) mass is 283 g/mol. The molecule has 0 aliphatic rings. The Labute approximate surface area is 122 Å². The molecule has 0 saturated heterocycles. The molecule has 0 unspecified atom stereocenters. The van der Waals surface area contributed by atoms with Crippen LogP contribution in [-0.4, -0.2) is 33.6 Å². The number of aromatic nitrogens is 4. The lowest BCUT2D eigenvalue weighted by atomic mass is 10.2. The van der Waals surface area contributed by atoms with Crippen LogP contribution < -0.4 is 10.1 Å². The van der Waals surface area contributed by atoms with E-state index in [4.69, 9.17) is 4.74 Å². The molecule has 21 heavy (non-hydrogen) atoms. The van der Waals surface area contributed by atoms with E-state index in [9.17, 15) is 0 Å². The number of H-pyrrole nitrogens is 1. The van der Waals surface area contributed by atoms with Crippen LogP contribution in [0.2, 0.25) is 0 Å². The molecule has 0 bridgehead atoms. The lowest BCUT2D eigenvalue weighted by Gasteiger charge is -2.08. The Balaban J connectivity index is 2.04. The number of rotatable bonds is 5. The van der Waals surface area contributed by atoms with Crippen LogP contribution in [0.25, 0.3) is 22.6 Å². The Hall–Kier alpha value is -2.63. The van der Waals surface area contributed by atoms with E-state index in [2.05, 4.69) is 32.2 Å². The van der Waals surface area contributed by atoms with E-state index in [-0.39, 0.29) is 0 Å². The van der Waals surface area contributed by atoms with E-state index >= 15 is 0 Å². The van der Waals surface area contributed by atoms with Gasteiger partial charge in [0.25, 0.3) is 0 Å². The fourth-order valence-corrected chi connectivity index (χ4v) is 2.07. The number of hydrogen-bond donors (Lipinski definition) is 2. The Morgan fingerprint density at radius 3 is 2.71 bits per heavy atom. The summed E-state index contributed by atoms with van der Waals surface area (Å²) >= 11 is 0. The largest absolute Gasteiger partial charge is 0.497 e. The first-order chi connectivity index (χ1) is 10.3. The molecule has 6 heteroatoms. The highest BCUT2D eigenvalue weighted by Gasteiger charge is 2.11. The van der Waals surface area contributed by atoms with Gasteiger partial charge in [0.1, 0.15) is 11.3 Å². The van der Waals surface area contributed by atoms with Gasteiger partial charge in [-0.15, -0.1) is 0 Å². The zero-order valence-electron chi connectivity index (χ0n) is 12.1. The number of imidazole rings is 1. The molecule has 0 aliphatic heterocycles. The third-order valence-electron chi connectivity index (χ3n) is 3.18. The van der Waals surface area contributed by atoms with Crippen molar-refractivity contribution in [2.24, 2.45) is 0 Å². The SMILES string of the molecule is CCCNc1nc(-c2ccc(OC)cc2)nc2nc[nH]c12. The van der Waals surface area contributed by atoms with Crippen molar-refractivity contribution in [2.45, 2.75) is 13.3 Å². The van der Waals surface area contributed by atoms with Crippen LogP contribution in [0.3, 0.4) is 0 Å². The van der Waals surface area contributed by atoms with Crippen LogP contribution in [0.5, 0.6) is 5.75 Å². The van der Waals surface area contributed by atoms with Crippen molar-refractivity contribution in [1.82, 2.24) is 19.9 Å². The van der Waals surface area contributed by atoms with Gasteiger partial charge in [-0.3, -0.25) is 0 Å². The highest BCUT2D eigenvalue weighted by atomic mass is 16.5. The molecule has 0 aliphatic carbocycles. The fourth-order valence-electron chi connectivity index (χ4n) is 2.07. The van der Waals surface area contributed by atoms with Crippen molar-refractivity contribution in [3.63, 3.8) is 0 Å². The zero-order valence-corrected chi connectivity index (χ0v) is 12.1. The molecule has 0 saturated carbocycles. The molecular weight excluding hydrogens is 266 g/mol. The first kappa shape index (κ1) is 13.4. The lowest BCUT2D eigenvalue weighted by molar-refractivity contribution is 0.415. The minimum Gasteiger partial charge on any atom is -0.497 e. The van der Waals surface area contributed by atoms with Gasteiger partial charge >= 0.3 is 0 Å². The molecule has 3 rings (SSSR count). The average molecular weight is 283 g/mol. The first-order valence-electron chi connectivity index (χ1n) is 6.91. The number of ether oxygens (including phenoxy) is 1. The van der Waals surface area contributed by atoms with E-state index in [1.165, 1.54) is 0 Å². The summed E-state index contributed by atoms with van der Waals surface area (Å²) in [4.78, 5) is 16.4. The minimum atomic E-state index is 0.649. The predicted octanol–water partition coefficient (Wildman–Crippen LogP) is 2.85. The van der Waals surface area contributed by atoms with Crippen LogP contribution in [0.1, 0.15) is 13.3 Å². The third-order valence-corrected chi connectivity index (χ3v) is 3.18. The molecule has 0 fully saturated rings. The second kappa shape index (κ2) is 5.78. The molecule has 0 amide bonds. The van der Waals surface area contributed by atoms with Crippen molar-refractivity contribution in [3.8, 4) is 17.1 Å².